The van der Waals surface area contributed by atoms with Gasteiger partial charge in [0.2, 0.25) is 0 Å². The minimum Gasteiger partial charge on any atom is -0.322 e. The molecule has 0 saturated carbocycles. The molecule has 0 unspecified atom stereocenters. The van der Waals surface area contributed by atoms with Crippen LogP contribution >= 0.6 is 11.6 Å². The first kappa shape index (κ1) is 18.1. The van der Waals surface area contributed by atoms with Crippen LogP contribution in [0.25, 0.3) is 0 Å². The quantitative estimate of drug-likeness (QED) is 0.716. The SMILES string of the molecule is N#Cc1ccccc1NC(=O)c1cc(C(=O)Nc2ccc(Cl)cc2)ccn1. The largest absolute Gasteiger partial charge is 0.322 e. The van der Waals surface area contributed by atoms with E-state index in [4.69, 9.17) is 16.9 Å². The Bertz CT molecular complexity index is 1040. The van der Waals surface area contributed by atoms with Crippen LogP contribution in [0.3, 0.4) is 0 Å². The fourth-order valence-corrected chi connectivity index (χ4v) is 2.43. The lowest BCUT2D eigenvalue weighted by molar-refractivity contribution is 0.102. The van der Waals surface area contributed by atoms with Gasteiger partial charge in [0.25, 0.3) is 11.8 Å². The molecule has 0 aliphatic heterocycles. The zero-order valence-electron chi connectivity index (χ0n) is 13.9. The minimum absolute atomic E-state index is 0.0616. The van der Waals surface area contributed by atoms with Gasteiger partial charge in [-0.05, 0) is 48.5 Å². The number of hydrogen-bond acceptors (Lipinski definition) is 4. The fraction of sp³-hybridized carbons (Fsp3) is 0. The first-order chi connectivity index (χ1) is 13.1. The number of rotatable bonds is 4. The lowest BCUT2D eigenvalue weighted by Gasteiger charge is -2.08. The predicted molar refractivity (Wildman–Crippen MR) is 103 cm³/mol. The molecule has 3 rings (SSSR count). The molecule has 0 atom stereocenters. The van der Waals surface area contributed by atoms with Crippen molar-refractivity contribution in [3.8, 4) is 6.07 Å². The lowest BCUT2D eigenvalue weighted by Crippen LogP contribution is -2.17. The molecule has 1 heterocycles. The normalized spacial score (nSPS) is 9.93. The van der Waals surface area contributed by atoms with Gasteiger partial charge in [0.15, 0.2) is 0 Å². The number of nitriles is 1. The first-order valence-electron chi connectivity index (χ1n) is 7.90. The number of hydrogen-bond donors (Lipinski definition) is 2. The van der Waals surface area contributed by atoms with Crippen LogP contribution < -0.4 is 10.6 Å². The van der Waals surface area contributed by atoms with E-state index >= 15 is 0 Å². The highest BCUT2D eigenvalue weighted by Gasteiger charge is 2.13. The van der Waals surface area contributed by atoms with Gasteiger partial charge in [-0.2, -0.15) is 5.26 Å². The zero-order valence-corrected chi connectivity index (χ0v) is 14.7. The summed E-state index contributed by atoms with van der Waals surface area (Å²) in [7, 11) is 0. The van der Waals surface area contributed by atoms with Crippen LogP contribution in [0.5, 0.6) is 0 Å². The Balaban J connectivity index is 1.76. The summed E-state index contributed by atoms with van der Waals surface area (Å²) in [6.07, 6.45) is 1.38. The highest BCUT2D eigenvalue weighted by molar-refractivity contribution is 6.30. The Morgan fingerprint density at radius 2 is 1.70 bits per heavy atom. The van der Waals surface area contributed by atoms with Gasteiger partial charge in [-0.25, -0.2) is 0 Å². The van der Waals surface area contributed by atoms with Crippen molar-refractivity contribution < 1.29 is 9.59 Å². The molecule has 2 aromatic carbocycles. The second kappa shape index (κ2) is 8.13. The number of carbonyl (C=O) groups excluding carboxylic acids is 2. The molecule has 27 heavy (non-hydrogen) atoms. The fourth-order valence-electron chi connectivity index (χ4n) is 2.31. The molecule has 2 amide bonds. The molecule has 7 heteroatoms. The molecule has 0 bridgehead atoms. The molecule has 132 valence electrons. The summed E-state index contributed by atoms with van der Waals surface area (Å²) in [5.74, 6) is -0.898. The summed E-state index contributed by atoms with van der Waals surface area (Å²) in [5.41, 5.74) is 1.63. The minimum atomic E-state index is -0.515. The third kappa shape index (κ3) is 4.48. The van der Waals surface area contributed by atoms with Crippen molar-refractivity contribution in [1.29, 1.82) is 5.26 Å². The molecule has 0 aliphatic rings. The molecule has 0 fully saturated rings. The maximum absolute atomic E-state index is 12.4. The van der Waals surface area contributed by atoms with Crippen LogP contribution in [0.2, 0.25) is 5.02 Å². The van der Waals surface area contributed by atoms with E-state index in [2.05, 4.69) is 15.6 Å². The average Bonchev–Trinajstić information content (AvgIpc) is 2.70. The number of halogens is 1. The topological polar surface area (TPSA) is 94.9 Å². The van der Waals surface area contributed by atoms with E-state index in [0.29, 0.717) is 22.0 Å². The second-order valence-electron chi connectivity index (χ2n) is 5.50. The summed E-state index contributed by atoms with van der Waals surface area (Å²) >= 11 is 5.82. The molecular formula is C20H13ClN4O2. The van der Waals surface area contributed by atoms with Gasteiger partial charge in [0.1, 0.15) is 11.8 Å². The summed E-state index contributed by atoms with van der Waals surface area (Å²) < 4.78 is 0. The van der Waals surface area contributed by atoms with Gasteiger partial charge in [-0.3, -0.25) is 14.6 Å². The van der Waals surface area contributed by atoms with Crippen molar-refractivity contribution >= 4 is 34.8 Å². The molecule has 2 N–H and O–H groups in total. The smallest absolute Gasteiger partial charge is 0.274 e. The van der Waals surface area contributed by atoms with Crippen LogP contribution in [0.4, 0.5) is 11.4 Å². The number of nitrogens with zero attached hydrogens (tertiary/aromatic N) is 2. The second-order valence-corrected chi connectivity index (χ2v) is 5.94. The van der Waals surface area contributed by atoms with E-state index < -0.39 is 5.91 Å². The number of aromatic nitrogens is 1. The van der Waals surface area contributed by atoms with Gasteiger partial charge >= 0.3 is 0 Å². The van der Waals surface area contributed by atoms with Crippen molar-refractivity contribution in [1.82, 2.24) is 4.98 Å². The van der Waals surface area contributed by atoms with E-state index in [9.17, 15) is 9.59 Å². The van der Waals surface area contributed by atoms with Crippen LogP contribution in [-0.2, 0) is 0 Å². The van der Waals surface area contributed by atoms with Gasteiger partial charge in [0.05, 0.1) is 11.3 Å². The number of carbonyl (C=O) groups is 2. The van der Waals surface area contributed by atoms with Gasteiger partial charge in [0, 0.05) is 22.5 Å². The molecule has 6 nitrogen and oxygen atoms in total. The molecule has 0 radical (unpaired) electrons. The Labute approximate surface area is 160 Å². The third-order valence-corrected chi connectivity index (χ3v) is 3.90. The molecule has 0 saturated heterocycles. The number of para-hydroxylation sites is 1. The van der Waals surface area contributed by atoms with Crippen molar-refractivity contribution in [3.05, 3.63) is 88.7 Å². The van der Waals surface area contributed by atoms with Gasteiger partial charge in [-0.15, -0.1) is 0 Å². The Morgan fingerprint density at radius 3 is 2.44 bits per heavy atom. The number of amides is 2. The third-order valence-electron chi connectivity index (χ3n) is 3.65. The highest BCUT2D eigenvalue weighted by Crippen LogP contribution is 2.16. The lowest BCUT2D eigenvalue weighted by atomic mass is 10.1. The summed E-state index contributed by atoms with van der Waals surface area (Å²) in [6.45, 7) is 0. The first-order valence-corrected chi connectivity index (χ1v) is 8.28. The highest BCUT2D eigenvalue weighted by atomic mass is 35.5. The van der Waals surface area contributed by atoms with Crippen molar-refractivity contribution in [2.45, 2.75) is 0 Å². The van der Waals surface area contributed by atoms with Crippen LogP contribution in [0.15, 0.2) is 66.9 Å². The van der Waals surface area contributed by atoms with Crippen LogP contribution in [0, 0.1) is 11.3 Å². The van der Waals surface area contributed by atoms with Gasteiger partial charge < -0.3 is 10.6 Å². The summed E-state index contributed by atoms with van der Waals surface area (Å²) in [6, 6.07) is 18.2. The van der Waals surface area contributed by atoms with E-state index in [-0.39, 0.29) is 17.2 Å². The average molecular weight is 377 g/mol. The number of benzene rings is 2. The van der Waals surface area contributed by atoms with E-state index in [0.717, 1.165) is 0 Å². The maximum Gasteiger partial charge on any atom is 0.274 e. The standard InChI is InChI=1S/C20H13ClN4O2/c21-15-5-7-16(8-6-15)24-19(26)13-9-10-23-18(11-13)20(27)25-17-4-2-1-3-14(17)12-22/h1-11H,(H,24,26)(H,25,27). The van der Waals surface area contributed by atoms with Crippen LogP contribution in [-0.4, -0.2) is 16.8 Å². The number of anilines is 2. The summed E-state index contributed by atoms with van der Waals surface area (Å²) in [4.78, 5) is 28.8. The molecule has 3 aromatic rings. The van der Waals surface area contributed by atoms with E-state index in [1.54, 1.807) is 48.5 Å². The predicted octanol–water partition coefficient (Wildman–Crippen LogP) is 4.11. The maximum atomic E-state index is 12.4. The van der Waals surface area contributed by atoms with E-state index in [1.807, 2.05) is 6.07 Å². The zero-order chi connectivity index (χ0) is 19.2. The summed E-state index contributed by atoms with van der Waals surface area (Å²) in [5, 5.41) is 15.0. The molecule has 0 aliphatic carbocycles. The van der Waals surface area contributed by atoms with Crippen molar-refractivity contribution in [3.63, 3.8) is 0 Å². The monoisotopic (exact) mass is 376 g/mol. The van der Waals surface area contributed by atoms with Gasteiger partial charge in [-0.1, -0.05) is 23.7 Å². The Morgan fingerprint density at radius 1 is 0.963 bits per heavy atom. The Kier molecular flexibility index (Phi) is 5.45. The molecule has 1 aromatic heterocycles. The van der Waals surface area contributed by atoms with Crippen LogP contribution in [0.1, 0.15) is 26.4 Å². The van der Waals surface area contributed by atoms with Crippen molar-refractivity contribution in [2.24, 2.45) is 0 Å². The molecule has 0 spiro atoms. The molecular weight excluding hydrogens is 364 g/mol. The number of pyridine rings is 1. The number of nitrogens with one attached hydrogen (secondary N) is 2. The van der Waals surface area contributed by atoms with E-state index in [1.165, 1.54) is 18.3 Å². The van der Waals surface area contributed by atoms with Crippen molar-refractivity contribution in [2.75, 3.05) is 10.6 Å². The Hall–Kier alpha value is -3.69.